The van der Waals surface area contributed by atoms with Gasteiger partial charge in [-0.25, -0.2) is 0 Å². The molecule has 3 heterocycles. The number of amides is 1. The molecule has 32 heavy (non-hydrogen) atoms. The van der Waals surface area contributed by atoms with Crippen LogP contribution in [0, 0.1) is 13.8 Å². The zero-order chi connectivity index (χ0) is 22.7. The van der Waals surface area contributed by atoms with Crippen LogP contribution in [0.2, 0.25) is 0 Å². The van der Waals surface area contributed by atoms with Gasteiger partial charge in [-0.3, -0.25) is 9.69 Å². The number of hydrogen-bond acceptors (Lipinski definition) is 7. The zero-order valence-electron chi connectivity index (χ0n) is 19.6. The van der Waals surface area contributed by atoms with Crippen molar-refractivity contribution in [2.75, 3.05) is 52.9 Å². The molecular formula is C24H34N4O4. The lowest BCUT2D eigenvalue weighted by atomic mass is 10.1. The Kier molecular flexibility index (Phi) is 7.01. The molecule has 1 unspecified atom stereocenters. The predicted molar refractivity (Wildman–Crippen MR) is 121 cm³/mol. The van der Waals surface area contributed by atoms with Crippen LogP contribution in [0.25, 0.3) is 0 Å². The number of ether oxygens (including phenoxy) is 2. The first-order valence-electron chi connectivity index (χ1n) is 11.5. The number of nitrogens with zero attached hydrogens (tertiary/aromatic N) is 4. The van der Waals surface area contributed by atoms with E-state index in [2.05, 4.69) is 21.9 Å². The van der Waals surface area contributed by atoms with Gasteiger partial charge in [0.25, 0.3) is 5.91 Å². The topological polar surface area (TPSA) is 71.3 Å². The number of carbonyl (C=O) groups excluding carboxylic acids is 1. The van der Waals surface area contributed by atoms with Gasteiger partial charge in [-0.1, -0.05) is 12.1 Å². The van der Waals surface area contributed by atoms with Gasteiger partial charge in [-0.05, 0) is 45.0 Å². The lowest BCUT2D eigenvalue weighted by Crippen LogP contribution is -2.51. The first-order valence-corrected chi connectivity index (χ1v) is 11.5. The van der Waals surface area contributed by atoms with Crippen molar-refractivity contribution in [1.82, 2.24) is 19.9 Å². The van der Waals surface area contributed by atoms with Crippen LogP contribution in [0.1, 0.15) is 40.7 Å². The number of likely N-dealkylation sites (N-methyl/N-ethyl adjacent to an activating group) is 1. The highest BCUT2D eigenvalue weighted by molar-refractivity contribution is 5.95. The molecule has 4 rings (SSSR count). The van der Waals surface area contributed by atoms with E-state index in [0.29, 0.717) is 29.7 Å². The number of hydrogen-bond donors (Lipinski definition) is 0. The van der Waals surface area contributed by atoms with Crippen LogP contribution in [0.4, 0.5) is 0 Å². The standard InChI is InChI=1S/C24H34N4O4/c1-5-26-10-12-27(13-11-26)20-8-9-28(15-20)24(29)19-6-7-22(23(14-19)30-4)31-16-21-17(2)25-32-18(21)3/h6-7,14,20H,5,8-13,15-16H2,1-4H3. The molecule has 0 saturated carbocycles. The molecule has 2 aromatic rings. The second-order valence-corrected chi connectivity index (χ2v) is 8.62. The highest BCUT2D eigenvalue weighted by Crippen LogP contribution is 2.30. The Hall–Kier alpha value is -2.58. The van der Waals surface area contributed by atoms with E-state index in [4.69, 9.17) is 14.0 Å². The quantitative estimate of drug-likeness (QED) is 0.653. The Morgan fingerprint density at radius 1 is 1.16 bits per heavy atom. The average Bonchev–Trinajstić information content (AvgIpc) is 3.44. The van der Waals surface area contributed by atoms with Crippen LogP contribution >= 0.6 is 0 Å². The molecule has 1 aromatic heterocycles. The molecule has 0 N–H and O–H groups in total. The summed E-state index contributed by atoms with van der Waals surface area (Å²) in [6.07, 6.45) is 1.04. The summed E-state index contributed by atoms with van der Waals surface area (Å²) < 4.78 is 16.7. The van der Waals surface area contributed by atoms with Crippen LogP contribution in [0.15, 0.2) is 22.7 Å². The fourth-order valence-electron chi connectivity index (χ4n) is 4.63. The normalized spacial score (nSPS) is 20.0. The van der Waals surface area contributed by atoms with Gasteiger partial charge in [-0.15, -0.1) is 0 Å². The van der Waals surface area contributed by atoms with E-state index in [9.17, 15) is 4.79 Å². The highest BCUT2D eigenvalue weighted by atomic mass is 16.5. The van der Waals surface area contributed by atoms with Crippen LogP contribution in [0.3, 0.4) is 0 Å². The molecule has 0 radical (unpaired) electrons. The van der Waals surface area contributed by atoms with Gasteiger partial charge in [-0.2, -0.15) is 0 Å². The summed E-state index contributed by atoms with van der Waals surface area (Å²) in [5, 5.41) is 3.96. The fourth-order valence-corrected chi connectivity index (χ4v) is 4.63. The maximum absolute atomic E-state index is 13.2. The maximum atomic E-state index is 13.2. The van der Waals surface area contributed by atoms with Crippen molar-refractivity contribution in [3.05, 3.63) is 40.8 Å². The number of aromatic nitrogens is 1. The van der Waals surface area contributed by atoms with E-state index in [0.717, 1.165) is 69.3 Å². The Morgan fingerprint density at radius 3 is 2.59 bits per heavy atom. The molecule has 2 saturated heterocycles. The third kappa shape index (κ3) is 4.76. The van der Waals surface area contributed by atoms with Gasteiger partial charge in [0.2, 0.25) is 0 Å². The molecule has 2 aliphatic rings. The van der Waals surface area contributed by atoms with Crippen LogP contribution in [0.5, 0.6) is 11.5 Å². The first-order chi connectivity index (χ1) is 15.5. The summed E-state index contributed by atoms with van der Waals surface area (Å²) in [4.78, 5) is 20.2. The van der Waals surface area contributed by atoms with Crippen LogP contribution < -0.4 is 9.47 Å². The molecule has 8 nitrogen and oxygen atoms in total. The number of piperazine rings is 1. The largest absolute Gasteiger partial charge is 0.493 e. The smallest absolute Gasteiger partial charge is 0.254 e. The van der Waals surface area contributed by atoms with Crippen molar-refractivity contribution in [2.24, 2.45) is 0 Å². The number of likely N-dealkylation sites (tertiary alicyclic amines) is 1. The van der Waals surface area contributed by atoms with E-state index in [1.165, 1.54) is 0 Å². The number of benzene rings is 1. The zero-order valence-corrected chi connectivity index (χ0v) is 19.6. The van der Waals surface area contributed by atoms with Crippen molar-refractivity contribution < 1.29 is 18.8 Å². The second-order valence-electron chi connectivity index (χ2n) is 8.62. The molecule has 0 bridgehead atoms. The van der Waals surface area contributed by atoms with Crippen molar-refractivity contribution in [3.8, 4) is 11.5 Å². The number of rotatable bonds is 7. The van der Waals surface area contributed by atoms with Gasteiger partial charge in [0, 0.05) is 50.9 Å². The Balaban J connectivity index is 1.37. The SMILES string of the molecule is CCN1CCN(C2CCN(C(=O)c3ccc(OCc4c(C)noc4C)c(OC)c3)C2)CC1. The van der Waals surface area contributed by atoms with Crippen molar-refractivity contribution in [3.63, 3.8) is 0 Å². The highest BCUT2D eigenvalue weighted by Gasteiger charge is 2.32. The molecule has 0 spiro atoms. The minimum atomic E-state index is 0.0512. The van der Waals surface area contributed by atoms with Gasteiger partial charge in [0.1, 0.15) is 12.4 Å². The maximum Gasteiger partial charge on any atom is 0.254 e. The summed E-state index contributed by atoms with van der Waals surface area (Å²) in [5.74, 6) is 1.94. The first kappa shape index (κ1) is 22.6. The lowest BCUT2D eigenvalue weighted by molar-refractivity contribution is 0.0745. The van der Waals surface area contributed by atoms with E-state index in [-0.39, 0.29) is 5.91 Å². The van der Waals surface area contributed by atoms with Crippen molar-refractivity contribution >= 4 is 5.91 Å². The van der Waals surface area contributed by atoms with Gasteiger partial charge in [0.05, 0.1) is 18.4 Å². The molecule has 2 aliphatic heterocycles. The molecule has 174 valence electrons. The average molecular weight is 443 g/mol. The summed E-state index contributed by atoms with van der Waals surface area (Å²) >= 11 is 0. The molecule has 1 atom stereocenters. The minimum Gasteiger partial charge on any atom is -0.493 e. The van der Waals surface area contributed by atoms with Crippen molar-refractivity contribution in [2.45, 2.75) is 39.8 Å². The van der Waals surface area contributed by atoms with Gasteiger partial charge in [0.15, 0.2) is 11.5 Å². The Morgan fingerprint density at radius 2 is 1.94 bits per heavy atom. The summed E-state index contributed by atoms with van der Waals surface area (Å²) in [6, 6.07) is 5.86. The number of aryl methyl sites for hydroxylation is 2. The molecule has 8 heteroatoms. The van der Waals surface area contributed by atoms with E-state index in [1.54, 1.807) is 13.2 Å². The van der Waals surface area contributed by atoms with Crippen molar-refractivity contribution in [1.29, 1.82) is 0 Å². The minimum absolute atomic E-state index is 0.0512. The summed E-state index contributed by atoms with van der Waals surface area (Å²) in [6.45, 7) is 13.4. The molecular weight excluding hydrogens is 408 g/mol. The fraction of sp³-hybridized carbons (Fsp3) is 0.583. The molecule has 1 amide bonds. The molecule has 2 fully saturated rings. The van der Waals surface area contributed by atoms with Gasteiger partial charge >= 0.3 is 0 Å². The number of carbonyl (C=O) groups is 1. The van der Waals surface area contributed by atoms with E-state index < -0.39 is 0 Å². The second kappa shape index (κ2) is 9.92. The van der Waals surface area contributed by atoms with Gasteiger partial charge < -0.3 is 23.8 Å². The summed E-state index contributed by atoms with van der Waals surface area (Å²) in [5.41, 5.74) is 2.37. The number of methoxy groups -OCH3 is 1. The summed E-state index contributed by atoms with van der Waals surface area (Å²) in [7, 11) is 1.59. The Bertz CT molecular complexity index is 917. The third-order valence-corrected chi connectivity index (χ3v) is 6.78. The molecule has 0 aliphatic carbocycles. The van der Waals surface area contributed by atoms with Crippen LogP contribution in [-0.4, -0.2) is 84.7 Å². The Labute approximate surface area is 190 Å². The lowest BCUT2D eigenvalue weighted by Gasteiger charge is -2.37. The molecule has 1 aromatic carbocycles. The third-order valence-electron chi connectivity index (χ3n) is 6.78. The van der Waals surface area contributed by atoms with Crippen LogP contribution in [-0.2, 0) is 6.61 Å². The van der Waals surface area contributed by atoms with E-state index in [1.807, 2.05) is 30.9 Å². The van der Waals surface area contributed by atoms with E-state index >= 15 is 0 Å². The predicted octanol–water partition coefficient (Wildman–Crippen LogP) is 2.73. The monoisotopic (exact) mass is 442 g/mol.